The minimum atomic E-state index is 0.0352. The molecule has 110 valence electrons. The highest BCUT2D eigenvalue weighted by Crippen LogP contribution is 2.35. The summed E-state index contributed by atoms with van der Waals surface area (Å²) in [7, 11) is 0. The van der Waals surface area contributed by atoms with Gasteiger partial charge in [-0.1, -0.05) is 43.6 Å². The number of hydrogen-bond donors (Lipinski definition) is 1. The number of benzene rings is 1. The Kier molecular flexibility index (Phi) is 5.30. The molecule has 0 radical (unpaired) electrons. The monoisotopic (exact) mass is 294 g/mol. The van der Waals surface area contributed by atoms with Crippen molar-refractivity contribution in [2.75, 3.05) is 13.1 Å². The maximum absolute atomic E-state index is 12.3. The molecule has 1 saturated heterocycles. The van der Waals surface area contributed by atoms with Crippen molar-refractivity contribution in [1.82, 2.24) is 10.2 Å². The van der Waals surface area contributed by atoms with Crippen molar-refractivity contribution < 1.29 is 4.79 Å². The number of amides is 2. The Morgan fingerprint density at radius 1 is 1.45 bits per heavy atom. The van der Waals surface area contributed by atoms with Crippen molar-refractivity contribution in [3.05, 3.63) is 34.9 Å². The molecule has 1 fully saturated rings. The molecule has 1 N–H and O–H groups in total. The number of carbonyl (C=O) groups excluding carboxylic acids is 1. The molecule has 4 heteroatoms. The Bertz CT molecular complexity index is 462. The lowest BCUT2D eigenvalue weighted by atomic mass is 10.0. The van der Waals surface area contributed by atoms with Crippen LogP contribution in [0, 0.1) is 5.92 Å². The van der Waals surface area contributed by atoms with Crippen LogP contribution < -0.4 is 5.32 Å². The van der Waals surface area contributed by atoms with Crippen molar-refractivity contribution in [1.29, 1.82) is 0 Å². The van der Waals surface area contributed by atoms with E-state index in [0.29, 0.717) is 5.92 Å². The third-order valence-corrected chi connectivity index (χ3v) is 4.12. The minimum Gasteiger partial charge on any atom is -0.338 e. The summed E-state index contributed by atoms with van der Waals surface area (Å²) < 4.78 is 0. The number of rotatable bonds is 4. The van der Waals surface area contributed by atoms with Gasteiger partial charge < -0.3 is 10.2 Å². The lowest BCUT2D eigenvalue weighted by Gasteiger charge is -2.26. The van der Waals surface area contributed by atoms with Crippen molar-refractivity contribution in [2.24, 2.45) is 5.92 Å². The van der Waals surface area contributed by atoms with Crippen molar-refractivity contribution in [3.63, 3.8) is 0 Å². The van der Waals surface area contributed by atoms with Crippen LogP contribution >= 0.6 is 11.6 Å². The summed E-state index contributed by atoms with van der Waals surface area (Å²) in [6.45, 7) is 5.87. The predicted octanol–water partition coefficient (Wildman–Crippen LogP) is 4.23. The van der Waals surface area contributed by atoms with E-state index in [4.69, 9.17) is 11.6 Å². The van der Waals surface area contributed by atoms with Gasteiger partial charge in [-0.3, -0.25) is 0 Å². The molecule has 0 aliphatic carbocycles. The Hall–Kier alpha value is -1.22. The van der Waals surface area contributed by atoms with Crippen LogP contribution in [0.25, 0.3) is 0 Å². The maximum atomic E-state index is 12.3. The molecule has 20 heavy (non-hydrogen) atoms. The summed E-state index contributed by atoms with van der Waals surface area (Å²) in [5, 5.41) is 3.77. The number of nitrogens with zero attached hydrogens (tertiary/aromatic N) is 1. The van der Waals surface area contributed by atoms with Gasteiger partial charge in [0.1, 0.15) is 0 Å². The standard InChI is InChI=1S/C16H23ClN2O/c1-12(2)9-10-18-16(20)19-11-5-8-15(19)13-6-3-4-7-14(13)17/h3-4,6-7,12,15H,5,8-11H2,1-2H3,(H,18,20)/t15-/m0/s1. The molecule has 1 aliphatic heterocycles. The maximum Gasteiger partial charge on any atom is 0.317 e. The zero-order valence-corrected chi connectivity index (χ0v) is 13.0. The summed E-state index contributed by atoms with van der Waals surface area (Å²) in [6.07, 6.45) is 3.03. The molecule has 3 nitrogen and oxygen atoms in total. The van der Waals surface area contributed by atoms with E-state index >= 15 is 0 Å². The predicted molar refractivity (Wildman–Crippen MR) is 83.0 cm³/mol. The summed E-state index contributed by atoms with van der Waals surface area (Å²) in [6, 6.07) is 7.97. The third kappa shape index (κ3) is 3.66. The topological polar surface area (TPSA) is 32.3 Å². The molecule has 0 bridgehead atoms. The molecule has 1 atom stereocenters. The first-order valence-corrected chi connectivity index (χ1v) is 7.76. The number of hydrogen-bond acceptors (Lipinski definition) is 1. The van der Waals surface area contributed by atoms with Crippen LogP contribution in [0.5, 0.6) is 0 Å². The second-order valence-corrected chi connectivity index (χ2v) is 6.19. The van der Waals surface area contributed by atoms with Crippen LogP contribution in [-0.2, 0) is 0 Å². The Morgan fingerprint density at radius 3 is 2.90 bits per heavy atom. The zero-order chi connectivity index (χ0) is 14.5. The van der Waals surface area contributed by atoms with Crippen LogP contribution in [0.2, 0.25) is 5.02 Å². The van der Waals surface area contributed by atoms with Gasteiger partial charge in [-0.05, 0) is 36.8 Å². The molecule has 0 unspecified atom stereocenters. The van der Waals surface area contributed by atoms with E-state index in [2.05, 4.69) is 19.2 Å². The smallest absolute Gasteiger partial charge is 0.317 e. The number of urea groups is 1. The van der Waals surface area contributed by atoms with Gasteiger partial charge >= 0.3 is 6.03 Å². The second kappa shape index (κ2) is 6.98. The first kappa shape index (κ1) is 15.2. The highest BCUT2D eigenvalue weighted by Gasteiger charge is 2.30. The van der Waals surface area contributed by atoms with Gasteiger partial charge in [-0.15, -0.1) is 0 Å². The number of carbonyl (C=O) groups is 1. The Labute approximate surface area is 126 Å². The summed E-state index contributed by atoms with van der Waals surface area (Å²) >= 11 is 6.26. The van der Waals surface area contributed by atoms with E-state index < -0.39 is 0 Å². The zero-order valence-electron chi connectivity index (χ0n) is 12.2. The van der Waals surface area contributed by atoms with Gasteiger partial charge in [0.05, 0.1) is 6.04 Å². The Morgan fingerprint density at radius 2 is 2.20 bits per heavy atom. The van der Waals surface area contributed by atoms with Gasteiger partial charge in [0.15, 0.2) is 0 Å². The van der Waals surface area contributed by atoms with Crippen LogP contribution in [-0.4, -0.2) is 24.0 Å². The van der Waals surface area contributed by atoms with Crippen LogP contribution in [0.3, 0.4) is 0 Å². The van der Waals surface area contributed by atoms with Crippen molar-refractivity contribution >= 4 is 17.6 Å². The first-order valence-electron chi connectivity index (χ1n) is 7.38. The highest BCUT2D eigenvalue weighted by atomic mass is 35.5. The van der Waals surface area contributed by atoms with Crippen molar-refractivity contribution in [3.8, 4) is 0 Å². The number of nitrogens with one attached hydrogen (secondary N) is 1. The number of likely N-dealkylation sites (tertiary alicyclic amines) is 1. The van der Waals surface area contributed by atoms with Crippen LogP contribution in [0.15, 0.2) is 24.3 Å². The second-order valence-electron chi connectivity index (χ2n) is 5.79. The van der Waals surface area contributed by atoms with Crippen LogP contribution in [0.4, 0.5) is 4.79 Å². The van der Waals surface area contributed by atoms with E-state index in [0.717, 1.165) is 42.9 Å². The molecule has 0 spiro atoms. The fourth-order valence-corrected chi connectivity index (χ4v) is 2.91. The van der Waals surface area contributed by atoms with Crippen LogP contribution in [0.1, 0.15) is 44.7 Å². The van der Waals surface area contributed by atoms with E-state index in [-0.39, 0.29) is 12.1 Å². The molecule has 0 aromatic heterocycles. The summed E-state index contributed by atoms with van der Waals surface area (Å²) in [5.41, 5.74) is 1.06. The molecular formula is C16H23ClN2O. The largest absolute Gasteiger partial charge is 0.338 e. The normalized spacial score (nSPS) is 18.6. The van der Waals surface area contributed by atoms with E-state index in [9.17, 15) is 4.79 Å². The quantitative estimate of drug-likeness (QED) is 0.885. The molecule has 1 aliphatic rings. The SMILES string of the molecule is CC(C)CCNC(=O)N1CCC[C@H]1c1ccccc1Cl. The number of halogens is 1. The van der Waals surface area contributed by atoms with Gasteiger partial charge in [0, 0.05) is 18.1 Å². The molecule has 2 rings (SSSR count). The first-order chi connectivity index (χ1) is 9.59. The average molecular weight is 295 g/mol. The third-order valence-electron chi connectivity index (χ3n) is 3.78. The molecule has 1 heterocycles. The molecule has 2 amide bonds. The van der Waals surface area contributed by atoms with E-state index in [1.807, 2.05) is 29.2 Å². The lowest BCUT2D eigenvalue weighted by Crippen LogP contribution is -2.40. The fraction of sp³-hybridized carbons (Fsp3) is 0.562. The molecule has 0 saturated carbocycles. The van der Waals surface area contributed by atoms with Gasteiger partial charge in [0.2, 0.25) is 0 Å². The lowest BCUT2D eigenvalue weighted by molar-refractivity contribution is 0.192. The van der Waals surface area contributed by atoms with Gasteiger partial charge in [0.25, 0.3) is 0 Å². The molecule has 1 aromatic carbocycles. The van der Waals surface area contributed by atoms with Gasteiger partial charge in [-0.25, -0.2) is 4.79 Å². The van der Waals surface area contributed by atoms with Crippen molar-refractivity contribution in [2.45, 2.75) is 39.2 Å². The summed E-state index contributed by atoms with van der Waals surface area (Å²) in [5.74, 6) is 0.605. The average Bonchev–Trinajstić information content (AvgIpc) is 2.87. The summed E-state index contributed by atoms with van der Waals surface area (Å²) in [4.78, 5) is 14.2. The minimum absolute atomic E-state index is 0.0352. The molecular weight excluding hydrogens is 272 g/mol. The molecule has 1 aromatic rings. The fourth-order valence-electron chi connectivity index (χ4n) is 2.65. The van der Waals surface area contributed by atoms with E-state index in [1.165, 1.54) is 0 Å². The highest BCUT2D eigenvalue weighted by molar-refractivity contribution is 6.31. The van der Waals surface area contributed by atoms with E-state index in [1.54, 1.807) is 0 Å². The van der Waals surface area contributed by atoms with Gasteiger partial charge in [-0.2, -0.15) is 0 Å². The Balaban J connectivity index is 2.00.